The number of hydrogen-bond acceptors (Lipinski definition) is 3. The molecule has 0 spiro atoms. The van der Waals surface area contributed by atoms with Crippen molar-refractivity contribution in [2.45, 2.75) is 51.6 Å². The van der Waals surface area contributed by atoms with E-state index in [-0.39, 0.29) is 18.5 Å². The van der Waals surface area contributed by atoms with Crippen molar-refractivity contribution in [3.8, 4) is 0 Å². The monoisotopic (exact) mass is 333 g/mol. The molecule has 2 aliphatic rings. The number of nitrogens with zero attached hydrogens (tertiary/aromatic N) is 4. The van der Waals surface area contributed by atoms with Crippen LogP contribution in [0.4, 0.5) is 4.79 Å². The fourth-order valence-electron chi connectivity index (χ4n) is 3.46. The number of urea groups is 1. The SMILES string of the molecule is Cc1cnn(CC(=O)N2CCN(C(=O)NC3CCCCC3)CC2)c1. The van der Waals surface area contributed by atoms with Gasteiger partial charge in [-0.15, -0.1) is 0 Å². The van der Waals surface area contributed by atoms with Gasteiger partial charge in [-0.25, -0.2) is 4.79 Å². The quantitative estimate of drug-likeness (QED) is 0.908. The molecule has 3 rings (SSSR count). The highest BCUT2D eigenvalue weighted by Gasteiger charge is 2.26. The van der Waals surface area contributed by atoms with Crippen molar-refractivity contribution < 1.29 is 9.59 Å². The Labute approximate surface area is 143 Å². The number of amides is 3. The predicted octanol–water partition coefficient (Wildman–Crippen LogP) is 1.38. The minimum atomic E-state index is 0.0247. The standard InChI is InChI=1S/C17H27N5O2/c1-14-11-18-22(12-14)13-16(23)20-7-9-21(10-8-20)17(24)19-15-5-3-2-4-6-15/h11-12,15H,2-10,13H2,1H3,(H,19,24). The molecular formula is C17H27N5O2. The van der Waals surface area contributed by atoms with Crippen molar-refractivity contribution in [3.05, 3.63) is 18.0 Å². The number of nitrogens with one attached hydrogen (secondary N) is 1. The summed E-state index contributed by atoms with van der Waals surface area (Å²) in [5.74, 6) is 0.0606. The molecule has 7 heteroatoms. The number of rotatable bonds is 3. The van der Waals surface area contributed by atoms with Crippen molar-refractivity contribution in [1.29, 1.82) is 0 Å². The van der Waals surface area contributed by atoms with Gasteiger partial charge in [0.25, 0.3) is 0 Å². The lowest BCUT2D eigenvalue weighted by Gasteiger charge is -2.36. The van der Waals surface area contributed by atoms with Gasteiger partial charge in [0.2, 0.25) is 5.91 Å². The number of aromatic nitrogens is 2. The third-order valence-electron chi connectivity index (χ3n) is 4.91. The summed E-state index contributed by atoms with van der Waals surface area (Å²) in [6.07, 6.45) is 9.50. The highest BCUT2D eigenvalue weighted by atomic mass is 16.2. The van der Waals surface area contributed by atoms with Crippen LogP contribution in [0.5, 0.6) is 0 Å². The molecule has 1 aromatic rings. The van der Waals surface area contributed by atoms with Crippen molar-refractivity contribution in [1.82, 2.24) is 24.9 Å². The molecule has 2 fully saturated rings. The highest BCUT2D eigenvalue weighted by molar-refractivity contribution is 5.77. The van der Waals surface area contributed by atoms with Crippen molar-refractivity contribution in [2.24, 2.45) is 0 Å². The predicted molar refractivity (Wildman–Crippen MR) is 90.5 cm³/mol. The maximum Gasteiger partial charge on any atom is 0.317 e. The Hall–Kier alpha value is -2.05. The maximum atomic E-state index is 12.3. The van der Waals surface area contributed by atoms with E-state index in [1.54, 1.807) is 10.9 Å². The first-order valence-electron chi connectivity index (χ1n) is 8.94. The Morgan fingerprint density at radius 3 is 2.42 bits per heavy atom. The van der Waals surface area contributed by atoms with Crippen LogP contribution in [0.1, 0.15) is 37.7 Å². The topological polar surface area (TPSA) is 70.5 Å². The third kappa shape index (κ3) is 4.27. The first-order valence-corrected chi connectivity index (χ1v) is 8.94. The first kappa shape index (κ1) is 16.8. The van der Waals surface area contributed by atoms with Crippen molar-refractivity contribution >= 4 is 11.9 Å². The van der Waals surface area contributed by atoms with Crippen LogP contribution in [0.25, 0.3) is 0 Å². The van der Waals surface area contributed by atoms with Gasteiger partial charge >= 0.3 is 6.03 Å². The van der Waals surface area contributed by atoms with E-state index in [0.717, 1.165) is 18.4 Å². The summed E-state index contributed by atoms with van der Waals surface area (Å²) < 4.78 is 1.67. The summed E-state index contributed by atoms with van der Waals surface area (Å²) in [5.41, 5.74) is 1.05. The minimum Gasteiger partial charge on any atom is -0.338 e. The molecule has 1 saturated heterocycles. The average molecular weight is 333 g/mol. The number of carbonyl (C=O) groups is 2. The van der Waals surface area contributed by atoms with E-state index < -0.39 is 0 Å². The summed E-state index contributed by atoms with van der Waals surface area (Å²) >= 11 is 0. The van der Waals surface area contributed by atoms with Crippen molar-refractivity contribution in [3.63, 3.8) is 0 Å². The highest BCUT2D eigenvalue weighted by Crippen LogP contribution is 2.17. The zero-order valence-corrected chi connectivity index (χ0v) is 14.4. The van der Waals surface area contributed by atoms with Gasteiger partial charge in [0, 0.05) is 38.4 Å². The number of carbonyl (C=O) groups excluding carboxylic acids is 2. The van der Waals surface area contributed by atoms with Crippen LogP contribution < -0.4 is 5.32 Å². The van der Waals surface area contributed by atoms with E-state index in [1.165, 1.54) is 19.3 Å². The van der Waals surface area contributed by atoms with E-state index in [0.29, 0.717) is 32.2 Å². The molecule has 1 N–H and O–H groups in total. The molecule has 0 atom stereocenters. The summed E-state index contributed by atoms with van der Waals surface area (Å²) in [4.78, 5) is 28.3. The van der Waals surface area contributed by atoms with Gasteiger partial charge in [-0.3, -0.25) is 9.48 Å². The normalized spacial score (nSPS) is 19.4. The fourth-order valence-corrected chi connectivity index (χ4v) is 3.46. The molecular weight excluding hydrogens is 306 g/mol. The second kappa shape index (κ2) is 7.68. The number of hydrogen-bond donors (Lipinski definition) is 1. The second-order valence-corrected chi connectivity index (χ2v) is 6.87. The van der Waals surface area contributed by atoms with Gasteiger partial charge in [-0.05, 0) is 25.3 Å². The summed E-state index contributed by atoms with van der Waals surface area (Å²) in [5, 5.41) is 7.30. The summed E-state index contributed by atoms with van der Waals surface area (Å²) in [6, 6.07) is 0.352. The Bertz CT molecular complexity index is 571. The molecule has 0 bridgehead atoms. The molecule has 7 nitrogen and oxygen atoms in total. The fraction of sp³-hybridized carbons (Fsp3) is 0.706. The van der Waals surface area contributed by atoms with E-state index in [1.807, 2.05) is 22.9 Å². The van der Waals surface area contributed by atoms with Crippen LogP contribution in [0, 0.1) is 6.92 Å². The molecule has 1 aliphatic carbocycles. The average Bonchev–Trinajstić information content (AvgIpc) is 3.00. The smallest absolute Gasteiger partial charge is 0.317 e. The largest absolute Gasteiger partial charge is 0.338 e. The molecule has 1 aromatic heterocycles. The lowest BCUT2D eigenvalue weighted by molar-refractivity contribution is -0.133. The zero-order chi connectivity index (χ0) is 16.9. The molecule has 0 radical (unpaired) electrons. The van der Waals surface area contributed by atoms with Gasteiger partial charge in [-0.1, -0.05) is 19.3 Å². The second-order valence-electron chi connectivity index (χ2n) is 6.87. The number of aryl methyl sites for hydroxylation is 1. The third-order valence-corrected chi connectivity index (χ3v) is 4.91. The van der Waals surface area contributed by atoms with E-state index in [2.05, 4.69) is 10.4 Å². The van der Waals surface area contributed by atoms with E-state index in [9.17, 15) is 9.59 Å². The molecule has 24 heavy (non-hydrogen) atoms. The van der Waals surface area contributed by atoms with E-state index in [4.69, 9.17) is 0 Å². The Kier molecular flexibility index (Phi) is 5.37. The first-order chi connectivity index (χ1) is 11.6. The van der Waals surface area contributed by atoms with Gasteiger partial charge in [0.05, 0.1) is 6.20 Å². The zero-order valence-electron chi connectivity index (χ0n) is 14.4. The van der Waals surface area contributed by atoms with Gasteiger partial charge in [0.15, 0.2) is 0 Å². The van der Waals surface area contributed by atoms with Crippen LogP contribution in [0.3, 0.4) is 0 Å². The van der Waals surface area contributed by atoms with Crippen LogP contribution in [-0.4, -0.2) is 63.7 Å². The lowest BCUT2D eigenvalue weighted by Crippen LogP contribution is -2.55. The Morgan fingerprint density at radius 1 is 1.12 bits per heavy atom. The molecule has 0 aromatic carbocycles. The van der Waals surface area contributed by atoms with E-state index >= 15 is 0 Å². The Morgan fingerprint density at radius 2 is 1.79 bits per heavy atom. The molecule has 132 valence electrons. The number of piperazine rings is 1. The van der Waals surface area contributed by atoms with Crippen molar-refractivity contribution in [2.75, 3.05) is 26.2 Å². The summed E-state index contributed by atoms with van der Waals surface area (Å²) in [7, 11) is 0. The van der Waals surface area contributed by atoms with Gasteiger partial charge < -0.3 is 15.1 Å². The van der Waals surface area contributed by atoms with Crippen LogP contribution in [0.2, 0.25) is 0 Å². The van der Waals surface area contributed by atoms with Crippen LogP contribution >= 0.6 is 0 Å². The Balaban J connectivity index is 1.43. The minimum absolute atomic E-state index is 0.0247. The summed E-state index contributed by atoms with van der Waals surface area (Å²) in [6.45, 7) is 4.61. The molecule has 0 unspecified atom stereocenters. The van der Waals surface area contributed by atoms with Crippen LogP contribution in [0.15, 0.2) is 12.4 Å². The molecule has 3 amide bonds. The maximum absolute atomic E-state index is 12.3. The molecule has 1 saturated carbocycles. The van der Waals surface area contributed by atoms with Gasteiger partial charge in [0.1, 0.15) is 6.54 Å². The van der Waals surface area contributed by atoms with Crippen LogP contribution in [-0.2, 0) is 11.3 Å². The molecule has 2 heterocycles. The molecule has 1 aliphatic heterocycles. The van der Waals surface area contributed by atoms with Gasteiger partial charge in [-0.2, -0.15) is 5.10 Å². The lowest BCUT2D eigenvalue weighted by atomic mass is 9.96.